The molecule has 0 amide bonds. The van der Waals surface area contributed by atoms with Gasteiger partial charge in [0, 0.05) is 24.9 Å². The topological polar surface area (TPSA) is 148 Å². The van der Waals surface area contributed by atoms with Crippen molar-refractivity contribution in [3.63, 3.8) is 0 Å². The smallest absolute Gasteiger partial charge is 0.309 e. The number of hydrogen-bond donors (Lipinski definition) is 2. The van der Waals surface area contributed by atoms with Crippen LogP contribution in [0.25, 0.3) is 5.70 Å². The number of Topliss-reactive ketones (excluding diaryl/α,β-unsaturated/α-hetero) is 1. The number of nitrogens with two attached hydrogens (primary N) is 1. The second-order valence-electron chi connectivity index (χ2n) is 21.6. The lowest BCUT2D eigenvalue weighted by Gasteiger charge is -2.75. The van der Waals surface area contributed by atoms with Crippen LogP contribution in [0.4, 0.5) is 4.39 Å². The minimum absolute atomic E-state index is 0.000235. The number of hydrogen-bond acceptors (Lipinski definition) is 9. The van der Waals surface area contributed by atoms with Gasteiger partial charge in [-0.2, -0.15) is 0 Å². The Kier molecular flexibility index (Phi) is 11.3. The Morgan fingerprint density at radius 1 is 1.03 bits per heavy atom. The first-order chi connectivity index (χ1) is 28.1. The summed E-state index contributed by atoms with van der Waals surface area (Å²) in [5.41, 5.74) is 10.1. The third-order valence-electron chi connectivity index (χ3n) is 17.6. The largest absolute Gasteiger partial charge is 0.481 e. The van der Waals surface area contributed by atoms with E-state index in [1.165, 1.54) is 18.0 Å². The molecule has 4 saturated carbocycles. The number of esters is 1. The van der Waals surface area contributed by atoms with Gasteiger partial charge in [0.2, 0.25) is 0 Å². The third kappa shape index (κ3) is 6.40. The van der Waals surface area contributed by atoms with E-state index in [2.05, 4.69) is 76.0 Å². The van der Waals surface area contributed by atoms with Crippen molar-refractivity contribution in [2.45, 2.75) is 152 Å². The zero-order valence-electron chi connectivity index (χ0n) is 38.0. The maximum Gasteiger partial charge on any atom is 0.309 e. The van der Waals surface area contributed by atoms with Crippen LogP contribution in [0, 0.1) is 61.5 Å². The Labute approximate surface area is 357 Å². The van der Waals surface area contributed by atoms with Gasteiger partial charge in [-0.1, -0.05) is 67.5 Å². The lowest BCUT2D eigenvalue weighted by atomic mass is 9.29. The first-order valence-corrected chi connectivity index (χ1v) is 22.8. The molecule has 1 aliphatic heterocycles. The molecule has 0 saturated heterocycles. The number of carbonyl (C=O) groups excluding carboxylic acids is 2. The molecule has 3 N–H and O–H groups in total. The van der Waals surface area contributed by atoms with E-state index in [9.17, 15) is 23.9 Å². The van der Waals surface area contributed by atoms with Gasteiger partial charge >= 0.3 is 11.9 Å². The molecule has 10 nitrogen and oxygen atoms in total. The molecule has 0 radical (unpaired) electrons. The number of aliphatic imine (C=N–C) groups is 1. The van der Waals surface area contributed by atoms with Crippen molar-refractivity contribution in [2.75, 3.05) is 19.6 Å². The summed E-state index contributed by atoms with van der Waals surface area (Å²) in [6.45, 7) is 23.2. The fraction of sp³-hybridized carbons (Fsp3) is 0.735. The number of fused-ring (bicyclic) bond motifs is 7. The van der Waals surface area contributed by atoms with E-state index in [4.69, 9.17) is 15.5 Å². The van der Waals surface area contributed by atoms with E-state index in [0.717, 1.165) is 75.6 Å². The quantitative estimate of drug-likeness (QED) is 0.165. The van der Waals surface area contributed by atoms with Gasteiger partial charge < -0.3 is 20.5 Å². The highest BCUT2D eigenvalue weighted by Gasteiger charge is 2.75. The number of carboxylic acid groups (broad SMARTS) is 1. The molecular formula is C49H70FN5O5. The van der Waals surface area contributed by atoms with Gasteiger partial charge in [0.15, 0.2) is 17.4 Å². The molecule has 5 aliphatic carbocycles. The molecule has 328 valence electrons. The number of aromatic nitrogens is 2. The predicted octanol–water partition coefficient (Wildman–Crippen LogP) is 9.35. The fourth-order valence-corrected chi connectivity index (χ4v) is 14.9. The normalized spacial score (nSPS) is 36.1. The number of carboxylic acids is 1. The molecule has 60 heavy (non-hydrogen) atoms. The SMILES string of the molecule is CCCC12CCC3C4(C)CCC(OC(=O)CC(C)(C)C(=O)O)C(C)(C)C4CCC3(C)C1(C)CCC1(C3=NCC=C=C(c4ncc(F)cn4)N3CCN)CC(=O)C(C(C)C)=C12. The molecule has 8 unspecified atom stereocenters. The first kappa shape index (κ1) is 44.4. The Hall–Kier alpha value is -3.69. The highest BCUT2D eigenvalue weighted by Crippen LogP contribution is 2.81. The van der Waals surface area contributed by atoms with E-state index >= 15 is 0 Å². The average molecular weight is 828 g/mol. The van der Waals surface area contributed by atoms with Crippen LogP contribution in [0.3, 0.4) is 0 Å². The Morgan fingerprint density at radius 3 is 2.35 bits per heavy atom. The molecule has 2 heterocycles. The highest BCUT2D eigenvalue weighted by molar-refractivity contribution is 6.10. The van der Waals surface area contributed by atoms with Gasteiger partial charge in [0.1, 0.15) is 17.6 Å². The summed E-state index contributed by atoms with van der Waals surface area (Å²) >= 11 is 0. The van der Waals surface area contributed by atoms with Crippen LogP contribution in [-0.2, 0) is 19.1 Å². The van der Waals surface area contributed by atoms with E-state index in [1.54, 1.807) is 13.8 Å². The number of rotatable bonds is 11. The standard InChI is InChI=1S/C49H70FN5O5/c1-11-17-49-20-15-35-45(8)18-16-36(60-37(57)27-43(4,5)42(58)59)44(6,7)34(45)14-19-46(35,9)47(49,10)21-22-48(26-33(56)38(30(2)3)39(48)49)41-52-24-12-13-32(55(41)25-23-51)40-53-28-31(50)29-54-40/h12,28-30,34-36H,11,14-27,51H2,1-10H3,(H,58,59). The fourth-order valence-electron chi connectivity index (χ4n) is 14.9. The summed E-state index contributed by atoms with van der Waals surface area (Å²) in [6.07, 6.45) is 13.6. The monoisotopic (exact) mass is 828 g/mol. The van der Waals surface area contributed by atoms with Gasteiger partial charge in [0.05, 0.1) is 36.2 Å². The van der Waals surface area contributed by atoms with Crippen LogP contribution in [0.2, 0.25) is 0 Å². The molecule has 11 heteroatoms. The maximum atomic E-state index is 14.9. The lowest BCUT2D eigenvalue weighted by molar-refractivity contribution is -0.252. The van der Waals surface area contributed by atoms with Crippen LogP contribution < -0.4 is 5.73 Å². The average Bonchev–Trinajstić information content (AvgIpc) is 3.33. The van der Waals surface area contributed by atoms with Crippen molar-refractivity contribution in [1.82, 2.24) is 14.9 Å². The molecule has 0 spiro atoms. The number of carbonyl (C=O) groups is 3. The molecule has 4 fully saturated rings. The Balaban J connectivity index is 1.30. The van der Waals surface area contributed by atoms with Crippen LogP contribution >= 0.6 is 0 Å². The van der Waals surface area contributed by atoms with Crippen molar-refractivity contribution in [3.05, 3.63) is 47.0 Å². The molecule has 1 aromatic heterocycles. The van der Waals surface area contributed by atoms with Crippen LogP contribution in [0.5, 0.6) is 0 Å². The summed E-state index contributed by atoms with van der Waals surface area (Å²) in [7, 11) is 0. The Bertz CT molecular complexity index is 2050. The van der Waals surface area contributed by atoms with Crippen molar-refractivity contribution in [2.24, 2.45) is 66.4 Å². The van der Waals surface area contributed by atoms with E-state index < -0.39 is 28.6 Å². The zero-order valence-corrected chi connectivity index (χ0v) is 38.0. The lowest BCUT2D eigenvalue weighted by Crippen LogP contribution is -2.69. The van der Waals surface area contributed by atoms with E-state index in [0.29, 0.717) is 49.4 Å². The van der Waals surface area contributed by atoms with E-state index in [-0.39, 0.29) is 51.3 Å². The second-order valence-corrected chi connectivity index (χ2v) is 21.6. The highest BCUT2D eigenvalue weighted by atomic mass is 19.1. The summed E-state index contributed by atoms with van der Waals surface area (Å²) in [5.74, 6) is 0.249. The number of amidine groups is 1. The number of nitrogens with zero attached hydrogens (tertiary/aromatic N) is 4. The van der Waals surface area contributed by atoms with Crippen molar-refractivity contribution in [3.8, 4) is 0 Å². The van der Waals surface area contributed by atoms with Crippen LogP contribution in [0.15, 0.2) is 40.3 Å². The van der Waals surface area contributed by atoms with Crippen molar-refractivity contribution in [1.29, 1.82) is 0 Å². The molecular weight excluding hydrogens is 758 g/mol. The van der Waals surface area contributed by atoms with Gasteiger partial charge in [-0.25, -0.2) is 14.4 Å². The second kappa shape index (κ2) is 15.3. The number of allylic oxidation sites excluding steroid dienone is 1. The van der Waals surface area contributed by atoms with Gasteiger partial charge in [-0.3, -0.25) is 19.4 Å². The molecule has 0 bridgehead atoms. The van der Waals surface area contributed by atoms with Crippen molar-refractivity contribution < 1.29 is 28.6 Å². The van der Waals surface area contributed by atoms with Gasteiger partial charge in [-0.05, 0) is 128 Å². The molecule has 7 rings (SSSR count). The number of ketones is 1. The summed E-state index contributed by atoms with van der Waals surface area (Å²) in [5, 5.41) is 9.71. The minimum Gasteiger partial charge on any atom is -0.481 e. The number of aliphatic carboxylic acids is 1. The molecule has 0 aromatic carbocycles. The first-order valence-electron chi connectivity index (χ1n) is 22.8. The summed E-state index contributed by atoms with van der Waals surface area (Å²) in [6, 6.07) is 0. The van der Waals surface area contributed by atoms with Gasteiger partial charge in [0.25, 0.3) is 0 Å². The zero-order chi connectivity index (χ0) is 43.8. The van der Waals surface area contributed by atoms with Crippen molar-refractivity contribution >= 4 is 29.3 Å². The predicted molar refractivity (Wildman–Crippen MR) is 231 cm³/mol. The summed E-state index contributed by atoms with van der Waals surface area (Å²) < 4.78 is 20.4. The van der Waals surface area contributed by atoms with Gasteiger partial charge in [-0.15, -0.1) is 0 Å². The Morgan fingerprint density at radius 2 is 1.72 bits per heavy atom. The van der Waals surface area contributed by atoms with E-state index in [1.807, 2.05) is 6.08 Å². The van der Waals surface area contributed by atoms with Crippen LogP contribution in [0.1, 0.15) is 152 Å². The summed E-state index contributed by atoms with van der Waals surface area (Å²) in [4.78, 5) is 56.2. The third-order valence-corrected chi connectivity index (χ3v) is 17.6. The molecule has 8 atom stereocenters. The number of halogens is 1. The maximum absolute atomic E-state index is 14.9. The minimum atomic E-state index is -1.19. The molecule has 6 aliphatic rings. The number of ether oxygens (including phenoxy) is 1. The molecule has 1 aromatic rings. The van der Waals surface area contributed by atoms with Crippen LogP contribution in [-0.4, -0.2) is 69.3 Å².